The van der Waals surface area contributed by atoms with Crippen molar-refractivity contribution in [2.75, 3.05) is 20.5 Å². The van der Waals surface area contributed by atoms with Gasteiger partial charge in [-0.2, -0.15) is 0 Å². The molecule has 0 rings (SSSR count). The molecule has 0 radical (unpaired) electrons. The molecule has 0 unspecified atom stereocenters. The fourth-order valence-corrected chi connectivity index (χ4v) is 13.3. The molecule has 0 saturated carbocycles. The van der Waals surface area contributed by atoms with Gasteiger partial charge < -0.3 is 0 Å². The Morgan fingerprint density at radius 2 is 1.93 bits per heavy atom. The van der Waals surface area contributed by atoms with Gasteiger partial charge in [0, 0.05) is 0 Å². The van der Waals surface area contributed by atoms with E-state index in [0.717, 1.165) is 5.57 Å². The van der Waals surface area contributed by atoms with E-state index in [1.54, 1.807) is 7.11 Å². The third-order valence-electron chi connectivity index (χ3n) is 2.03. The standard InChI is InChI=1S/C9H17O2.3ClH.Sn/c1-8(2)5-9(3)6-11-7-10-4;;;;/h5,9H,1,6-7H2,2-4H3;3*1H;/q;;;;+3/p-3/t9-;;;;/m1..../s1. The fraction of sp³-hybridized carbons (Fsp3) is 0.778. The molecule has 0 N–H and O–H groups in total. The number of allylic oxidation sites excluding steroid dienone is 1. The molecule has 0 aliphatic heterocycles. The van der Waals surface area contributed by atoms with Crippen molar-refractivity contribution in [1.29, 1.82) is 0 Å². The van der Waals surface area contributed by atoms with Crippen LogP contribution in [-0.4, -0.2) is 35.5 Å². The van der Waals surface area contributed by atoms with Gasteiger partial charge >= 0.3 is 108 Å². The van der Waals surface area contributed by atoms with Crippen LogP contribution in [0.25, 0.3) is 0 Å². The maximum absolute atomic E-state index is 6.10. The molecular formula is C9H17Cl3O2Sn. The molecular weight excluding hydrogens is 365 g/mol. The van der Waals surface area contributed by atoms with Gasteiger partial charge in [-0.05, 0) is 0 Å². The topological polar surface area (TPSA) is 18.5 Å². The molecule has 0 heterocycles. The Bertz CT molecular complexity index is 206. The first kappa shape index (κ1) is 16.3. The SMILES string of the molecule is C=C(C)[C@H]([C@@H](C)COCOC)[Sn]([Cl])([Cl])[Cl]. The molecule has 0 aromatic heterocycles. The predicted octanol–water partition coefficient (Wildman–Crippen LogP) is 3.84. The van der Waals surface area contributed by atoms with Gasteiger partial charge in [-0.15, -0.1) is 0 Å². The molecule has 2 nitrogen and oxygen atoms in total. The molecule has 0 amide bonds. The molecule has 0 aliphatic carbocycles. The Balaban J connectivity index is 4.31. The van der Waals surface area contributed by atoms with Gasteiger partial charge in [-0.3, -0.25) is 0 Å². The van der Waals surface area contributed by atoms with Gasteiger partial charge in [0.2, 0.25) is 0 Å². The third-order valence-corrected chi connectivity index (χ3v) is 11.8. The van der Waals surface area contributed by atoms with Crippen LogP contribution in [-0.2, 0) is 9.47 Å². The van der Waals surface area contributed by atoms with Gasteiger partial charge in [0.15, 0.2) is 0 Å². The second kappa shape index (κ2) is 7.62. The zero-order valence-corrected chi connectivity index (χ0v) is 14.3. The molecule has 0 saturated heterocycles. The van der Waals surface area contributed by atoms with E-state index in [9.17, 15) is 0 Å². The molecule has 0 aromatic rings. The average molecular weight is 382 g/mol. The summed E-state index contributed by atoms with van der Waals surface area (Å²) < 4.78 is 10.0. The zero-order chi connectivity index (χ0) is 12.1. The number of hydrogen-bond acceptors (Lipinski definition) is 2. The van der Waals surface area contributed by atoms with Crippen molar-refractivity contribution in [2.45, 2.75) is 17.8 Å². The Morgan fingerprint density at radius 3 is 2.27 bits per heavy atom. The zero-order valence-electron chi connectivity index (χ0n) is 9.23. The number of methoxy groups -OCH3 is 1. The Kier molecular flexibility index (Phi) is 8.29. The normalized spacial score (nSPS) is 16.1. The third kappa shape index (κ3) is 6.59. The van der Waals surface area contributed by atoms with E-state index in [1.807, 2.05) is 13.8 Å². The quantitative estimate of drug-likeness (QED) is 0.288. The molecule has 0 spiro atoms. The number of halogens is 3. The molecule has 2 atom stereocenters. The van der Waals surface area contributed by atoms with Crippen LogP contribution in [0.1, 0.15) is 13.8 Å². The van der Waals surface area contributed by atoms with Crippen molar-refractivity contribution < 1.29 is 9.47 Å². The van der Waals surface area contributed by atoms with E-state index < -0.39 is 15.0 Å². The van der Waals surface area contributed by atoms with Crippen LogP contribution >= 0.6 is 26.8 Å². The van der Waals surface area contributed by atoms with Gasteiger partial charge in [-0.25, -0.2) is 0 Å². The summed E-state index contributed by atoms with van der Waals surface area (Å²) in [6, 6.07) is 0. The molecule has 15 heavy (non-hydrogen) atoms. The molecule has 0 aliphatic rings. The van der Waals surface area contributed by atoms with E-state index >= 15 is 0 Å². The van der Waals surface area contributed by atoms with Crippen LogP contribution in [0.5, 0.6) is 0 Å². The first-order valence-electron chi connectivity index (χ1n) is 4.59. The summed E-state index contributed by atoms with van der Waals surface area (Å²) in [7, 11) is 19.9. The van der Waals surface area contributed by atoms with Crippen LogP contribution in [0, 0.1) is 5.92 Å². The molecule has 0 fully saturated rings. The summed E-state index contributed by atoms with van der Waals surface area (Å²) in [5, 5.41) is 0. The molecule has 90 valence electrons. The van der Waals surface area contributed by atoms with Gasteiger partial charge in [0.1, 0.15) is 0 Å². The van der Waals surface area contributed by atoms with Gasteiger partial charge in [0.05, 0.1) is 0 Å². The summed E-state index contributed by atoms with van der Waals surface area (Å²) in [4.78, 5) is 0. The second-order valence-electron chi connectivity index (χ2n) is 3.62. The van der Waals surface area contributed by atoms with Crippen molar-refractivity contribution >= 4 is 41.8 Å². The van der Waals surface area contributed by atoms with Crippen LogP contribution in [0.4, 0.5) is 0 Å². The summed E-state index contributed by atoms with van der Waals surface area (Å²) in [5.74, 6) is 0.168. The van der Waals surface area contributed by atoms with E-state index in [1.165, 1.54) is 0 Å². The summed E-state index contributed by atoms with van der Waals surface area (Å²) in [6.45, 7) is 8.58. The number of rotatable bonds is 7. The summed E-state index contributed by atoms with van der Waals surface area (Å²) in [6.07, 6.45) is 0. The van der Waals surface area contributed by atoms with Crippen LogP contribution in [0.15, 0.2) is 12.2 Å². The minimum atomic E-state index is -3.51. The second-order valence-corrected chi connectivity index (χ2v) is 24.4. The Hall–Kier alpha value is 1.33. The van der Waals surface area contributed by atoms with Gasteiger partial charge in [0.25, 0.3) is 0 Å². The maximum atomic E-state index is 6.10. The van der Waals surface area contributed by atoms with Crippen molar-refractivity contribution in [3.63, 3.8) is 0 Å². The van der Waals surface area contributed by atoms with Crippen molar-refractivity contribution in [2.24, 2.45) is 5.92 Å². The monoisotopic (exact) mass is 382 g/mol. The van der Waals surface area contributed by atoms with E-state index in [-0.39, 0.29) is 16.6 Å². The minimum absolute atomic E-state index is 0.0128. The Morgan fingerprint density at radius 1 is 1.40 bits per heavy atom. The van der Waals surface area contributed by atoms with Crippen LogP contribution in [0.2, 0.25) is 3.93 Å². The summed E-state index contributed by atoms with van der Waals surface area (Å²) in [5.41, 5.74) is 0.930. The number of hydrogen-bond donors (Lipinski definition) is 0. The van der Waals surface area contributed by atoms with Crippen molar-refractivity contribution in [3.8, 4) is 0 Å². The molecule has 6 heteroatoms. The van der Waals surface area contributed by atoms with Crippen molar-refractivity contribution in [3.05, 3.63) is 12.2 Å². The first-order valence-corrected chi connectivity index (χ1v) is 17.1. The van der Waals surface area contributed by atoms with Crippen LogP contribution in [0.3, 0.4) is 0 Å². The summed E-state index contributed by atoms with van der Waals surface area (Å²) >= 11 is -3.51. The van der Waals surface area contributed by atoms with E-state index in [2.05, 4.69) is 6.58 Å². The number of ether oxygens (including phenoxy) is 2. The fourth-order valence-electron chi connectivity index (χ4n) is 1.50. The average Bonchev–Trinajstić information content (AvgIpc) is 2.00. The van der Waals surface area contributed by atoms with Crippen LogP contribution < -0.4 is 0 Å². The first-order chi connectivity index (χ1) is 6.80. The predicted molar refractivity (Wildman–Crippen MR) is 68.9 cm³/mol. The van der Waals surface area contributed by atoms with Crippen molar-refractivity contribution in [1.82, 2.24) is 0 Å². The van der Waals surface area contributed by atoms with Gasteiger partial charge in [-0.1, -0.05) is 0 Å². The van der Waals surface area contributed by atoms with E-state index in [0.29, 0.717) is 6.61 Å². The Labute approximate surface area is 107 Å². The van der Waals surface area contributed by atoms with E-state index in [4.69, 9.17) is 36.2 Å². The molecule has 0 bridgehead atoms. The molecule has 0 aromatic carbocycles.